The Labute approximate surface area is 213 Å². The van der Waals surface area contributed by atoms with Gasteiger partial charge in [0, 0.05) is 37.6 Å². The van der Waals surface area contributed by atoms with Crippen molar-refractivity contribution in [1.82, 2.24) is 10.2 Å². The monoisotopic (exact) mass is 488 g/mol. The van der Waals surface area contributed by atoms with Gasteiger partial charge >= 0.3 is 0 Å². The predicted molar refractivity (Wildman–Crippen MR) is 143 cm³/mol. The van der Waals surface area contributed by atoms with Crippen molar-refractivity contribution in [1.29, 1.82) is 0 Å². The molecule has 1 saturated heterocycles. The Balaban J connectivity index is 1.45. The first-order chi connectivity index (χ1) is 17.5. The van der Waals surface area contributed by atoms with Crippen LogP contribution in [-0.2, 0) is 14.4 Å². The average molecular weight is 489 g/mol. The molecule has 2 aromatic carbocycles. The van der Waals surface area contributed by atoms with Crippen molar-refractivity contribution in [2.75, 3.05) is 23.3 Å². The standard InChI is InChI=1S/C29H36N4O3/c1-3-4-14-26(29(36)30-23-11-9-12-24(19-23)32-16-7-8-17-32)31-28(35)20-27-25-13-6-5-10-22(25)15-18-33(27)21(2)34/h5-6,9-13,15,18-19,26-27H,3-4,7-8,14,16-17,20H2,1-2H3,(H,30,36)(H,31,35). The molecule has 36 heavy (non-hydrogen) atoms. The van der Waals surface area contributed by atoms with Crippen molar-refractivity contribution in [3.63, 3.8) is 0 Å². The lowest BCUT2D eigenvalue weighted by molar-refractivity contribution is -0.131. The number of hydrogen-bond acceptors (Lipinski definition) is 4. The Morgan fingerprint density at radius 3 is 2.58 bits per heavy atom. The van der Waals surface area contributed by atoms with Crippen LogP contribution in [0.25, 0.3) is 6.08 Å². The van der Waals surface area contributed by atoms with Crippen LogP contribution in [0.4, 0.5) is 11.4 Å². The minimum atomic E-state index is -0.645. The highest BCUT2D eigenvalue weighted by Gasteiger charge is 2.30. The summed E-state index contributed by atoms with van der Waals surface area (Å²) in [5.41, 5.74) is 3.76. The van der Waals surface area contributed by atoms with Crippen LogP contribution < -0.4 is 15.5 Å². The first-order valence-corrected chi connectivity index (χ1v) is 13.0. The molecule has 2 aliphatic rings. The largest absolute Gasteiger partial charge is 0.371 e. The molecule has 2 N–H and O–H groups in total. The Morgan fingerprint density at radius 1 is 1.06 bits per heavy atom. The van der Waals surface area contributed by atoms with Gasteiger partial charge in [-0.15, -0.1) is 0 Å². The van der Waals surface area contributed by atoms with E-state index in [0.717, 1.165) is 48.4 Å². The van der Waals surface area contributed by atoms with Gasteiger partial charge < -0.3 is 20.4 Å². The number of hydrogen-bond donors (Lipinski definition) is 2. The first kappa shape index (κ1) is 25.5. The zero-order valence-corrected chi connectivity index (χ0v) is 21.2. The molecule has 2 aromatic rings. The summed E-state index contributed by atoms with van der Waals surface area (Å²) in [4.78, 5) is 42.6. The number of fused-ring (bicyclic) bond motifs is 1. The fourth-order valence-electron chi connectivity index (χ4n) is 5.00. The SMILES string of the molecule is CCCCC(NC(=O)CC1c2ccccc2C=CN1C(C)=O)C(=O)Nc1cccc(N2CCCC2)c1. The molecule has 0 bridgehead atoms. The molecule has 1 fully saturated rings. The summed E-state index contributed by atoms with van der Waals surface area (Å²) in [7, 11) is 0. The Morgan fingerprint density at radius 2 is 1.83 bits per heavy atom. The Bertz CT molecular complexity index is 1120. The molecule has 0 aliphatic carbocycles. The number of carbonyl (C=O) groups excluding carboxylic acids is 3. The highest BCUT2D eigenvalue weighted by Crippen LogP contribution is 2.33. The quantitative estimate of drug-likeness (QED) is 0.528. The first-order valence-electron chi connectivity index (χ1n) is 13.0. The van der Waals surface area contributed by atoms with Crippen LogP contribution in [0.1, 0.15) is 69.5 Å². The molecule has 7 heteroatoms. The van der Waals surface area contributed by atoms with E-state index in [0.29, 0.717) is 6.42 Å². The van der Waals surface area contributed by atoms with E-state index < -0.39 is 12.1 Å². The average Bonchev–Trinajstić information content (AvgIpc) is 3.42. The Kier molecular flexibility index (Phi) is 8.41. The molecular formula is C29H36N4O3. The molecule has 4 rings (SSSR count). The summed E-state index contributed by atoms with van der Waals surface area (Å²) < 4.78 is 0. The van der Waals surface area contributed by atoms with E-state index in [2.05, 4.69) is 28.5 Å². The number of benzene rings is 2. The maximum atomic E-state index is 13.2. The number of amides is 3. The second-order valence-corrected chi connectivity index (χ2v) is 9.59. The van der Waals surface area contributed by atoms with Crippen molar-refractivity contribution in [2.24, 2.45) is 0 Å². The lowest BCUT2D eigenvalue weighted by Crippen LogP contribution is -2.45. The molecule has 2 atom stereocenters. The van der Waals surface area contributed by atoms with Gasteiger partial charge in [-0.3, -0.25) is 14.4 Å². The van der Waals surface area contributed by atoms with Gasteiger partial charge in [0.15, 0.2) is 0 Å². The van der Waals surface area contributed by atoms with Gasteiger partial charge in [0.2, 0.25) is 17.7 Å². The zero-order valence-electron chi connectivity index (χ0n) is 21.2. The van der Waals surface area contributed by atoms with Crippen molar-refractivity contribution >= 4 is 35.2 Å². The topological polar surface area (TPSA) is 81.8 Å². The van der Waals surface area contributed by atoms with Gasteiger partial charge in [-0.1, -0.05) is 50.1 Å². The molecule has 2 aliphatic heterocycles. The van der Waals surface area contributed by atoms with Crippen molar-refractivity contribution in [3.8, 4) is 0 Å². The molecule has 2 heterocycles. The van der Waals surface area contributed by atoms with E-state index in [1.54, 1.807) is 11.1 Å². The number of nitrogens with one attached hydrogen (secondary N) is 2. The van der Waals surface area contributed by atoms with Crippen LogP contribution in [0.3, 0.4) is 0 Å². The summed E-state index contributed by atoms with van der Waals surface area (Å²) >= 11 is 0. The highest BCUT2D eigenvalue weighted by atomic mass is 16.2. The summed E-state index contributed by atoms with van der Waals surface area (Å²) in [6.45, 7) is 5.62. The summed E-state index contributed by atoms with van der Waals surface area (Å²) in [6.07, 6.45) is 8.37. The lowest BCUT2D eigenvalue weighted by atomic mass is 9.93. The number of rotatable bonds is 9. The summed E-state index contributed by atoms with van der Waals surface area (Å²) in [5, 5.41) is 5.97. The fourth-order valence-corrected chi connectivity index (χ4v) is 5.00. The predicted octanol–water partition coefficient (Wildman–Crippen LogP) is 4.86. The third-order valence-corrected chi connectivity index (χ3v) is 6.93. The Hall–Kier alpha value is -3.61. The van der Waals surface area contributed by atoms with E-state index in [1.165, 1.54) is 19.8 Å². The lowest BCUT2D eigenvalue weighted by Gasteiger charge is -2.32. The minimum absolute atomic E-state index is 0.0846. The highest BCUT2D eigenvalue weighted by molar-refractivity contribution is 5.97. The molecule has 0 saturated carbocycles. The smallest absolute Gasteiger partial charge is 0.246 e. The number of unbranched alkanes of at least 4 members (excludes halogenated alkanes) is 1. The zero-order chi connectivity index (χ0) is 25.5. The molecule has 0 spiro atoms. The second-order valence-electron chi connectivity index (χ2n) is 9.59. The third kappa shape index (κ3) is 6.14. The van der Waals surface area contributed by atoms with Crippen LogP contribution in [0.2, 0.25) is 0 Å². The van der Waals surface area contributed by atoms with Crippen LogP contribution in [0.15, 0.2) is 54.7 Å². The van der Waals surface area contributed by atoms with Crippen LogP contribution in [0.5, 0.6) is 0 Å². The van der Waals surface area contributed by atoms with Gasteiger partial charge in [0.1, 0.15) is 6.04 Å². The van der Waals surface area contributed by atoms with Gasteiger partial charge in [-0.05, 0) is 54.7 Å². The molecule has 7 nitrogen and oxygen atoms in total. The molecule has 0 radical (unpaired) electrons. The van der Waals surface area contributed by atoms with Gasteiger partial charge in [-0.2, -0.15) is 0 Å². The molecular weight excluding hydrogens is 452 g/mol. The van der Waals surface area contributed by atoms with Crippen molar-refractivity contribution < 1.29 is 14.4 Å². The van der Waals surface area contributed by atoms with E-state index in [-0.39, 0.29) is 24.1 Å². The third-order valence-electron chi connectivity index (χ3n) is 6.93. The maximum Gasteiger partial charge on any atom is 0.246 e. The fraction of sp³-hybridized carbons (Fsp3) is 0.414. The molecule has 3 amide bonds. The van der Waals surface area contributed by atoms with Crippen LogP contribution >= 0.6 is 0 Å². The number of carbonyl (C=O) groups is 3. The van der Waals surface area contributed by atoms with Crippen LogP contribution in [0, 0.1) is 0 Å². The van der Waals surface area contributed by atoms with Gasteiger partial charge in [-0.25, -0.2) is 0 Å². The summed E-state index contributed by atoms with van der Waals surface area (Å²) in [6, 6.07) is 14.6. The normalized spacial score (nSPS) is 17.4. The van der Waals surface area contributed by atoms with E-state index in [4.69, 9.17) is 0 Å². The molecule has 2 unspecified atom stereocenters. The van der Waals surface area contributed by atoms with Crippen molar-refractivity contribution in [3.05, 3.63) is 65.9 Å². The van der Waals surface area contributed by atoms with E-state index in [1.807, 2.05) is 48.5 Å². The summed E-state index contributed by atoms with van der Waals surface area (Å²) in [5.74, 6) is -0.599. The number of anilines is 2. The molecule has 0 aromatic heterocycles. The van der Waals surface area contributed by atoms with Gasteiger partial charge in [0.05, 0.1) is 12.5 Å². The number of nitrogens with zero attached hydrogens (tertiary/aromatic N) is 2. The minimum Gasteiger partial charge on any atom is -0.371 e. The second kappa shape index (κ2) is 11.9. The maximum absolute atomic E-state index is 13.2. The van der Waals surface area contributed by atoms with Crippen molar-refractivity contribution in [2.45, 2.75) is 64.5 Å². The van der Waals surface area contributed by atoms with E-state index in [9.17, 15) is 14.4 Å². The molecule has 190 valence electrons. The van der Waals surface area contributed by atoms with E-state index >= 15 is 0 Å². The van der Waals surface area contributed by atoms with Crippen LogP contribution in [-0.4, -0.2) is 41.8 Å². The van der Waals surface area contributed by atoms with Gasteiger partial charge in [0.25, 0.3) is 0 Å².